The van der Waals surface area contributed by atoms with E-state index in [1.165, 1.54) is 0 Å². The van der Waals surface area contributed by atoms with Gasteiger partial charge in [-0.05, 0) is 57.1 Å². The van der Waals surface area contributed by atoms with Gasteiger partial charge in [-0.1, -0.05) is 36.9 Å². The van der Waals surface area contributed by atoms with E-state index in [0.717, 1.165) is 30.4 Å². The van der Waals surface area contributed by atoms with Crippen molar-refractivity contribution in [3.63, 3.8) is 0 Å². The van der Waals surface area contributed by atoms with Gasteiger partial charge in [0.05, 0.1) is 6.07 Å². The maximum Gasteiger partial charge on any atom is 0.411 e. The molecule has 0 unspecified atom stereocenters. The minimum Gasteiger partial charge on any atom is -0.444 e. The monoisotopic (exact) mass is 395 g/mol. The van der Waals surface area contributed by atoms with Gasteiger partial charge in [0, 0.05) is 12.5 Å². The van der Waals surface area contributed by atoms with Crippen molar-refractivity contribution in [3.8, 4) is 6.07 Å². The lowest BCUT2D eigenvalue weighted by atomic mass is 9.97. The van der Waals surface area contributed by atoms with E-state index in [-0.39, 0.29) is 17.9 Å². The number of carbonyl (C=O) groups excluding carboxylic acids is 2. The highest BCUT2D eigenvalue weighted by molar-refractivity contribution is 5.87. The Balaban J connectivity index is 1.69. The van der Waals surface area contributed by atoms with E-state index in [9.17, 15) is 14.9 Å². The number of amides is 2. The average Bonchev–Trinajstić information content (AvgIpc) is 3.28. The molecule has 154 valence electrons. The Morgan fingerprint density at radius 3 is 2.62 bits per heavy atom. The lowest BCUT2D eigenvalue weighted by molar-refractivity contribution is -0.128. The molecule has 6 nitrogen and oxygen atoms in total. The van der Waals surface area contributed by atoms with Gasteiger partial charge in [0.1, 0.15) is 17.7 Å². The molecule has 1 aliphatic heterocycles. The number of hydrogen-bond donors (Lipinski definition) is 1. The number of ether oxygens (including phenoxy) is 1. The van der Waals surface area contributed by atoms with Crippen molar-refractivity contribution in [2.24, 2.45) is 5.92 Å². The second kappa shape index (κ2) is 8.28. The summed E-state index contributed by atoms with van der Waals surface area (Å²) in [5, 5.41) is 12.4. The first-order chi connectivity index (χ1) is 13.7. The molecule has 1 heterocycles. The van der Waals surface area contributed by atoms with Crippen molar-refractivity contribution >= 4 is 18.1 Å². The van der Waals surface area contributed by atoms with E-state index in [1.54, 1.807) is 11.0 Å². The van der Waals surface area contributed by atoms with Gasteiger partial charge in [0.15, 0.2) is 0 Å². The van der Waals surface area contributed by atoms with Crippen LogP contribution in [0.25, 0.3) is 6.08 Å². The number of likely N-dealkylation sites (tertiary alicyclic amines) is 1. The molecule has 0 radical (unpaired) electrons. The Morgan fingerprint density at radius 2 is 2.03 bits per heavy atom. The molecule has 2 bridgehead atoms. The van der Waals surface area contributed by atoms with Crippen molar-refractivity contribution in [1.82, 2.24) is 10.2 Å². The summed E-state index contributed by atoms with van der Waals surface area (Å²) in [4.78, 5) is 27.4. The molecule has 0 aromatic heterocycles. The van der Waals surface area contributed by atoms with Crippen molar-refractivity contribution in [2.75, 3.05) is 0 Å². The summed E-state index contributed by atoms with van der Waals surface area (Å²) in [5.41, 5.74) is 1.34. The van der Waals surface area contributed by atoms with Crippen LogP contribution in [0.15, 0.2) is 30.8 Å². The van der Waals surface area contributed by atoms with Gasteiger partial charge < -0.3 is 10.1 Å². The smallest absolute Gasteiger partial charge is 0.411 e. The van der Waals surface area contributed by atoms with Crippen molar-refractivity contribution in [2.45, 2.75) is 70.2 Å². The van der Waals surface area contributed by atoms with Crippen LogP contribution in [-0.4, -0.2) is 40.6 Å². The zero-order valence-corrected chi connectivity index (χ0v) is 17.4. The predicted molar refractivity (Wildman–Crippen MR) is 111 cm³/mol. The van der Waals surface area contributed by atoms with Crippen LogP contribution < -0.4 is 5.32 Å². The Hall–Kier alpha value is -2.81. The van der Waals surface area contributed by atoms with Gasteiger partial charge in [-0.2, -0.15) is 5.26 Å². The van der Waals surface area contributed by atoms with Gasteiger partial charge in [-0.3, -0.25) is 9.69 Å². The van der Waals surface area contributed by atoms with E-state index in [0.29, 0.717) is 6.42 Å². The van der Waals surface area contributed by atoms with Gasteiger partial charge >= 0.3 is 6.09 Å². The molecule has 3 rings (SSSR count). The first-order valence-electron chi connectivity index (χ1n) is 10.1. The summed E-state index contributed by atoms with van der Waals surface area (Å²) in [7, 11) is 0. The molecule has 1 aliphatic carbocycles. The number of nitriles is 1. The highest BCUT2D eigenvalue weighted by Crippen LogP contribution is 2.43. The quantitative estimate of drug-likeness (QED) is 0.825. The standard InChI is InChI=1S/C23H29N3O3/c1-5-15-6-8-16(9-7-15)12-18(14-24)25-21(27)20-17-10-11-19(13-17)26(20)22(28)29-23(2,3)4/h5-9,17-20H,1,10-13H2,2-4H3,(H,25,27)/t17-,18-,19+,20-/m0/s1. The molecule has 2 amide bonds. The summed E-state index contributed by atoms with van der Waals surface area (Å²) in [6.45, 7) is 9.18. The van der Waals surface area contributed by atoms with Crippen LogP contribution >= 0.6 is 0 Å². The summed E-state index contributed by atoms with van der Waals surface area (Å²) in [6, 6.07) is 8.71. The van der Waals surface area contributed by atoms with Crippen molar-refractivity contribution < 1.29 is 14.3 Å². The highest BCUT2D eigenvalue weighted by atomic mass is 16.6. The van der Waals surface area contributed by atoms with Crippen LogP contribution in [0, 0.1) is 17.2 Å². The minimum atomic E-state index is -0.656. The second-order valence-corrected chi connectivity index (χ2v) is 8.90. The molecule has 1 saturated carbocycles. The molecule has 2 fully saturated rings. The van der Waals surface area contributed by atoms with E-state index in [2.05, 4.69) is 18.0 Å². The Labute approximate surface area is 172 Å². The van der Waals surface area contributed by atoms with Crippen LogP contribution in [0.3, 0.4) is 0 Å². The molecule has 1 aromatic carbocycles. The summed E-state index contributed by atoms with van der Waals surface area (Å²) < 4.78 is 5.54. The van der Waals surface area contributed by atoms with Gasteiger partial charge in [0.2, 0.25) is 5.91 Å². The van der Waals surface area contributed by atoms with Crippen LogP contribution in [-0.2, 0) is 16.0 Å². The van der Waals surface area contributed by atoms with Gasteiger partial charge in [-0.25, -0.2) is 4.79 Å². The minimum absolute atomic E-state index is 0.0394. The Morgan fingerprint density at radius 1 is 1.34 bits per heavy atom. The summed E-state index contributed by atoms with van der Waals surface area (Å²) in [6.07, 6.45) is 4.35. The largest absolute Gasteiger partial charge is 0.444 e. The fourth-order valence-electron chi connectivity index (χ4n) is 4.31. The number of nitrogens with one attached hydrogen (secondary N) is 1. The Kier molecular flexibility index (Phi) is 5.97. The Bertz CT molecular complexity index is 819. The predicted octanol–water partition coefficient (Wildman–Crippen LogP) is 3.67. The van der Waals surface area contributed by atoms with Crippen LogP contribution in [0.5, 0.6) is 0 Å². The van der Waals surface area contributed by atoms with E-state index in [4.69, 9.17) is 4.74 Å². The molecule has 1 saturated heterocycles. The fraction of sp³-hybridized carbons (Fsp3) is 0.522. The second-order valence-electron chi connectivity index (χ2n) is 8.90. The number of piperidine rings is 1. The fourth-order valence-corrected chi connectivity index (χ4v) is 4.31. The van der Waals surface area contributed by atoms with E-state index < -0.39 is 23.8 Å². The van der Waals surface area contributed by atoms with E-state index >= 15 is 0 Å². The lowest BCUT2D eigenvalue weighted by Crippen LogP contribution is -2.55. The third kappa shape index (κ3) is 4.79. The number of carbonyl (C=O) groups is 2. The zero-order chi connectivity index (χ0) is 21.2. The van der Waals surface area contributed by atoms with Crippen LogP contribution in [0.4, 0.5) is 4.79 Å². The molecule has 6 heteroatoms. The van der Waals surface area contributed by atoms with Crippen LogP contribution in [0.1, 0.15) is 51.2 Å². The molecule has 1 aromatic rings. The average molecular weight is 396 g/mol. The number of nitrogens with zero attached hydrogens (tertiary/aromatic N) is 2. The molecular weight excluding hydrogens is 366 g/mol. The number of rotatable bonds is 5. The molecule has 29 heavy (non-hydrogen) atoms. The molecule has 4 atom stereocenters. The van der Waals surface area contributed by atoms with Gasteiger partial charge in [0.25, 0.3) is 0 Å². The maximum absolute atomic E-state index is 13.1. The topological polar surface area (TPSA) is 82.4 Å². The third-order valence-electron chi connectivity index (χ3n) is 5.59. The first-order valence-corrected chi connectivity index (χ1v) is 10.1. The van der Waals surface area contributed by atoms with Crippen molar-refractivity contribution in [3.05, 3.63) is 42.0 Å². The number of fused-ring (bicyclic) bond motifs is 2. The summed E-state index contributed by atoms with van der Waals surface area (Å²) >= 11 is 0. The zero-order valence-electron chi connectivity index (χ0n) is 17.4. The normalized spacial score (nSPS) is 23.9. The molecule has 0 spiro atoms. The highest BCUT2D eigenvalue weighted by Gasteiger charge is 2.52. The third-order valence-corrected chi connectivity index (χ3v) is 5.59. The maximum atomic E-state index is 13.1. The number of hydrogen-bond acceptors (Lipinski definition) is 4. The lowest BCUT2D eigenvalue weighted by Gasteiger charge is -2.35. The first kappa shape index (κ1) is 20.9. The SMILES string of the molecule is C=Cc1ccc(C[C@@H](C#N)NC(=O)[C@@H]2[C@H]3CC[C@H](C3)N2C(=O)OC(C)(C)C)cc1. The molecule has 2 aliphatic rings. The summed E-state index contributed by atoms with van der Waals surface area (Å²) in [5.74, 6) is -0.143. The molecular formula is C23H29N3O3. The van der Waals surface area contributed by atoms with E-state index in [1.807, 2.05) is 45.0 Å². The molecule has 1 N–H and O–H groups in total. The van der Waals surface area contributed by atoms with Crippen LogP contribution in [0.2, 0.25) is 0 Å². The number of benzene rings is 1. The van der Waals surface area contributed by atoms with Gasteiger partial charge in [-0.15, -0.1) is 0 Å². The van der Waals surface area contributed by atoms with Crippen molar-refractivity contribution in [1.29, 1.82) is 5.26 Å².